The Morgan fingerprint density at radius 2 is 1.97 bits per heavy atom. The van der Waals surface area contributed by atoms with E-state index in [0.717, 1.165) is 25.7 Å². The maximum Gasteiger partial charge on any atom is 0.408 e. The van der Waals surface area contributed by atoms with Gasteiger partial charge < -0.3 is 14.8 Å². The van der Waals surface area contributed by atoms with Gasteiger partial charge in [0.2, 0.25) is 0 Å². The number of halogens is 3. The summed E-state index contributed by atoms with van der Waals surface area (Å²) in [6, 6.07) is 10.1. The van der Waals surface area contributed by atoms with Crippen LogP contribution in [-0.2, 0) is 10.3 Å². The van der Waals surface area contributed by atoms with Gasteiger partial charge in [0, 0.05) is 12.3 Å². The van der Waals surface area contributed by atoms with Crippen molar-refractivity contribution >= 4 is 39.5 Å². The van der Waals surface area contributed by atoms with E-state index in [1.807, 2.05) is 31.2 Å². The highest BCUT2D eigenvalue weighted by Gasteiger charge is 2.40. The molecule has 1 N–H and O–H groups in total. The summed E-state index contributed by atoms with van der Waals surface area (Å²) in [5.74, 6) is -2.30. The van der Waals surface area contributed by atoms with Crippen molar-refractivity contribution in [2.45, 2.75) is 63.5 Å². The Bertz CT molecular complexity index is 959. The summed E-state index contributed by atoms with van der Waals surface area (Å²) in [5, 5.41) is 4.99. The third-order valence-electron chi connectivity index (χ3n) is 6.46. The standard InChI is InChI=1S/C23H26F2INO3/c1-3-23(24,25)15-5-8-17(9-6-15)30-19-11-4-14-12-16(7-10-18(14)20(19)26)22(2)13-29-21(28)27-22/h4,7,10-12,15,17H,3,5-6,8-9,13H2,1-2H3,(H,27,28)/t15?,17?,22-/m0/s1. The van der Waals surface area contributed by atoms with Gasteiger partial charge in [-0.3, -0.25) is 0 Å². The fourth-order valence-electron chi connectivity index (χ4n) is 4.44. The molecule has 30 heavy (non-hydrogen) atoms. The third-order valence-corrected chi connectivity index (χ3v) is 7.57. The highest BCUT2D eigenvalue weighted by Crippen LogP contribution is 2.40. The van der Waals surface area contributed by atoms with E-state index < -0.39 is 23.5 Å². The average molecular weight is 529 g/mol. The molecule has 1 saturated heterocycles. The van der Waals surface area contributed by atoms with E-state index in [9.17, 15) is 13.6 Å². The first-order valence-corrected chi connectivity index (χ1v) is 11.5. The fraction of sp³-hybridized carbons (Fsp3) is 0.522. The fourth-order valence-corrected chi connectivity index (χ4v) is 5.24. The molecule has 0 unspecified atom stereocenters. The number of carbonyl (C=O) groups excluding carboxylic acids is 1. The molecule has 2 aliphatic rings. The van der Waals surface area contributed by atoms with Crippen molar-refractivity contribution < 1.29 is 23.0 Å². The van der Waals surface area contributed by atoms with E-state index in [2.05, 4.69) is 34.0 Å². The lowest BCUT2D eigenvalue weighted by Crippen LogP contribution is -2.37. The van der Waals surface area contributed by atoms with Gasteiger partial charge in [-0.25, -0.2) is 13.6 Å². The van der Waals surface area contributed by atoms with Crippen molar-refractivity contribution in [1.82, 2.24) is 5.32 Å². The molecule has 0 aromatic heterocycles. The van der Waals surface area contributed by atoms with Crippen LogP contribution in [0.25, 0.3) is 10.8 Å². The van der Waals surface area contributed by atoms with Gasteiger partial charge in [-0.1, -0.05) is 25.1 Å². The second kappa shape index (κ2) is 8.13. The zero-order chi connectivity index (χ0) is 21.5. The largest absolute Gasteiger partial charge is 0.489 e. The molecule has 1 amide bonds. The molecule has 0 spiro atoms. The molecule has 1 saturated carbocycles. The number of nitrogens with one attached hydrogen (secondary N) is 1. The Morgan fingerprint density at radius 3 is 2.60 bits per heavy atom. The Balaban J connectivity index is 1.49. The normalized spacial score (nSPS) is 27.0. The molecule has 4 nitrogen and oxygen atoms in total. The summed E-state index contributed by atoms with van der Waals surface area (Å²) in [6.07, 6.45) is 1.81. The van der Waals surface area contributed by atoms with Crippen LogP contribution in [0.2, 0.25) is 0 Å². The minimum absolute atomic E-state index is 0.0242. The second-order valence-corrected chi connectivity index (χ2v) is 9.63. The highest BCUT2D eigenvalue weighted by atomic mass is 127. The smallest absolute Gasteiger partial charge is 0.408 e. The number of ether oxygens (including phenoxy) is 2. The predicted molar refractivity (Wildman–Crippen MR) is 120 cm³/mol. The monoisotopic (exact) mass is 529 g/mol. The summed E-state index contributed by atoms with van der Waals surface area (Å²) < 4.78 is 40.2. The Labute approximate surface area is 188 Å². The van der Waals surface area contributed by atoms with Crippen LogP contribution in [0.15, 0.2) is 30.3 Å². The van der Waals surface area contributed by atoms with Gasteiger partial charge in [0.05, 0.1) is 15.2 Å². The minimum atomic E-state index is -2.57. The first-order valence-electron chi connectivity index (χ1n) is 10.4. The van der Waals surface area contributed by atoms with Crippen LogP contribution in [-0.4, -0.2) is 24.7 Å². The van der Waals surface area contributed by atoms with Crippen LogP contribution in [0.1, 0.15) is 51.5 Å². The Hall–Kier alpha value is -1.64. The maximum absolute atomic E-state index is 14.0. The number of cyclic esters (lactones) is 1. The number of carbonyl (C=O) groups is 1. The lowest BCUT2D eigenvalue weighted by molar-refractivity contribution is -0.0819. The van der Waals surface area contributed by atoms with Crippen molar-refractivity contribution in [2.24, 2.45) is 5.92 Å². The van der Waals surface area contributed by atoms with Gasteiger partial charge in [0.1, 0.15) is 12.4 Å². The first-order chi connectivity index (χ1) is 14.2. The van der Waals surface area contributed by atoms with E-state index in [1.165, 1.54) is 0 Å². The molecular formula is C23H26F2INO3. The van der Waals surface area contributed by atoms with Crippen LogP contribution < -0.4 is 10.1 Å². The van der Waals surface area contributed by atoms with E-state index in [4.69, 9.17) is 9.47 Å². The number of alkyl halides is 2. The zero-order valence-electron chi connectivity index (χ0n) is 17.1. The third kappa shape index (κ3) is 4.09. The van der Waals surface area contributed by atoms with Crippen LogP contribution in [0.5, 0.6) is 5.75 Å². The quantitative estimate of drug-likeness (QED) is 0.458. The summed E-state index contributed by atoms with van der Waals surface area (Å²) in [4.78, 5) is 11.5. The Kier molecular flexibility index (Phi) is 5.85. The topological polar surface area (TPSA) is 47.6 Å². The number of amides is 1. The SMILES string of the molecule is CCC(F)(F)C1CCC(Oc2ccc3cc([C@]4(C)COC(=O)N4)ccc3c2I)CC1. The summed E-state index contributed by atoms with van der Waals surface area (Å²) >= 11 is 2.29. The molecule has 2 fully saturated rings. The number of rotatable bonds is 5. The number of fused-ring (bicyclic) bond motifs is 1. The average Bonchev–Trinajstić information content (AvgIpc) is 3.10. The molecule has 4 rings (SSSR count). The molecular weight excluding hydrogens is 503 g/mol. The predicted octanol–water partition coefficient (Wildman–Crippen LogP) is 6.38. The number of benzene rings is 2. The summed E-state index contributed by atoms with van der Waals surface area (Å²) in [5.41, 5.74) is 0.450. The molecule has 1 atom stereocenters. The number of alkyl carbamates (subject to hydrolysis) is 1. The second-order valence-electron chi connectivity index (χ2n) is 8.55. The van der Waals surface area contributed by atoms with Gasteiger partial charge in [-0.2, -0.15) is 0 Å². The van der Waals surface area contributed by atoms with E-state index in [1.54, 1.807) is 6.92 Å². The number of hydrogen-bond donors (Lipinski definition) is 1. The summed E-state index contributed by atoms with van der Waals surface area (Å²) in [6.45, 7) is 3.80. The van der Waals surface area contributed by atoms with Crippen LogP contribution in [0, 0.1) is 9.49 Å². The minimum Gasteiger partial charge on any atom is -0.489 e. The molecule has 0 bridgehead atoms. The highest BCUT2D eigenvalue weighted by molar-refractivity contribution is 14.1. The van der Waals surface area contributed by atoms with Crippen molar-refractivity contribution in [3.63, 3.8) is 0 Å². The lowest BCUT2D eigenvalue weighted by atomic mass is 9.82. The van der Waals surface area contributed by atoms with Crippen molar-refractivity contribution in [3.05, 3.63) is 39.5 Å². The molecule has 1 heterocycles. The van der Waals surface area contributed by atoms with Crippen molar-refractivity contribution in [1.29, 1.82) is 0 Å². The lowest BCUT2D eigenvalue weighted by Gasteiger charge is -2.33. The molecule has 2 aromatic rings. The van der Waals surface area contributed by atoms with Gasteiger partial charge in [0.25, 0.3) is 5.92 Å². The van der Waals surface area contributed by atoms with Crippen molar-refractivity contribution in [2.75, 3.05) is 6.61 Å². The van der Waals surface area contributed by atoms with Gasteiger partial charge in [-0.15, -0.1) is 0 Å². The van der Waals surface area contributed by atoms with Crippen molar-refractivity contribution in [3.8, 4) is 5.75 Å². The maximum atomic E-state index is 14.0. The molecule has 162 valence electrons. The van der Waals surface area contributed by atoms with Gasteiger partial charge >= 0.3 is 6.09 Å². The van der Waals surface area contributed by atoms with E-state index in [0.29, 0.717) is 32.3 Å². The molecule has 7 heteroatoms. The zero-order valence-corrected chi connectivity index (χ0v) is 19.3. The van der Waals surface area contributed by atoms with E-state index in [-0.39, 0.29) is 12.5 Å². The Morgan fingerprint density at radius 1 is 1.23 bits per heavy atom. The molecule has 0 radical (unpaired) electrons. The van der Waals surface area contributed by atoms with E-state index >= 15 is 0 Å². The first kappa shape index (κ1) is 21.6. The van der Waals surface area contributed by atoms with Crippen LogP contribution >= 0.6 is 22.6 Å². The van der Waals surface area contributed by atoms with Crippen LogP contribution in [0.3, 0.4) is 0 Å². The molecule has 2 aromatic carbocycles. The van der Waals surface area contributed by atoms with Gasteiger partial charge in [0.15, 0.2) is 0 Å². The summed E-state index contributed by atoms with van der Waals surface area (Å²) in [7, 11) is 0. The number of hydrogen-bond acceptors (Lipinski definition) is 3. The van der Waals surface area contributed by atoms with Crippen LogP contribution in [0.4, 0.5) is 13.6 Å². The molecule has 1 aliphatic heterocycles. The molecule has 1 aliphatic carbocycles. The van der Waals surface area contributed by atoms with Gasteiger partial charge in [-0.05, 0) is 83.7 Å².